The van der Waals surface area contributed by atoms with E-state index in [4.69, 9.17) is 25.8 Å². The summed E-state index contributed by atoms with van der Waals surface area (Å²) >= 11 is 6.39. The van der Waals surface area contributed by atoms with Crippen LogP contribution in [0.1, 0.15) is 37.0 Å². The Labute approximate surface area is 246 Å². The number of pyridine rings is 1. The molecule has 1 atom stereocenters. The van der Waals surface area contributed by atoms with Crippen LogP contribution in [-0.2, 0) is 14.1 Å². The monoisotopic (exact) mass is 619 g/mol. The molecule has 0 bridgehead atoms. The van der Waals surface area contributed by atoms with Crippen LogP contribution in [0.25, 0.3) is 10.9 Å². The van der Waals surface area contributed by atoms with Gasteiger partial charge in [0.1, 0.15) is 29.1 Å². The maximum absolute atomic E-state index is 13.5. The fourth-order valence-electron chi connectivity index (χ4n) is 3.94. The summed E-state index contributed by atoms with van der Waals surface area (Å²) in [6.45, 7) is 2.63. The van der Waals surface area contributed by atoms with E-state index in [-0.39, 0.29) is 28.4 Å². The Morgan fingerprint density at radius 1 is 1.12 bits per heavy atom. The van der Waals surface area contributed by atoms with Crippen LogP contribution in [0.4, 0.5) is 10.5 Å². The lowest BCUT2D eigenvalue weighted by molar-refractivity contribution is -0.142. The highest BCUT2D eigenvalue weighted by atomic mass is 35.5. The van der Waals surface area contributed by atoms with Crippen molar-refractivity contribution < 1.29 is 38.3 Å². The number of carbonyl (C=O) groups is 3. The van der Waals surface area contributed by atoms with Crippen molar-refractivity contribution in [1.29, 1.82) is 0 Å². The zero-order chi connectivity index (χ0) is 30.7. The van der Waals surface area contributed by atoms with Crippen LogP contribution in [0.5, 0.6) is 17.2 Å². The first kappa shape index (κ1) is 31.0. The van der Waals surface area contributed by atoms with Crippen molar-refractivity contribution in [3.63, 3.8) is 0 Å². The number of urea groups is 1. The minimum Gasteiger partial charge on any atom is -0.496 e. The number of carbonyl (C=O) groups excluding carboxylic acids is 2. The lowest BCUT2D eigenvalue weighted by atomic mass is 10.1. The summed E-state index contributed by atoms with van der Waals surface area (Å²) in [6.07, 6.45) is 2.96. The molecule has 1 heterocycles. The van der Waals surface area contributed by atoms with Crippen LogP contribution >= 0.6 is 19.0 Å². The smallest absolute Gasteiger partial charge is 0.323 e. The van der Waals surface area contributed by atoms with Gasteiger partial charge in [-0.05, 0) is 51.0 Å². The molecule has 3 amide bonds. The molecule has 2 aromatic carbocycles. The van der Waals surface area contributed by atoms with Gasteiger partial charge in [0.2, 0.25) is 0 Å². The maximum Gasteiger partial charge on any atom is 0.323 e. The predicted molar refractivity (Wildman–Crippen MR) is 157 cm³/mol. The van der Waals surface area contributed by atoms with E-state index in [0.717, 1.165) is 12.8 Å². The molecule has 1 saturated carbocycles. The second-order valence-electron chi connectivity index (χ2n) is 10.1. The lowest BCUT2D eigenvalue weighted by Gasteiger charge is -2.28. The van der Waals surface area contributed by atoms with Crippen LogP contribution in [0.15, 0.2) is 42.6 Å². The number of nitrogens with zero attached hydrogens (tertiary/aromatic N) is 1. The fourth-order valence-corrected chi connectivity index (χ4v) is 6.15. The third-order valence-corrected chi connectivity index (χ3v) is 8.60. The Morgan fingerprint density at radius 3 is 2.48 bits per heavy atom. The number of carboxylic acid groups (broad SMARTS) is 1. The molecule has 1 aliphatic carbocycles. The number of nitrogens with one attached hydrogen (secondary N) is 4. The van der Waals surface area contributed by atoms with E-state index in [1.165, 1.54) is 52.5 Å². The second kappa shape index (κ2) is 12.5. The van der Waals surface area contributed by atoms with Crippen LogP contribution in [0.3, 0.4) is 0 Å². The molecule has 4 rings (SSSR count). The average molecular weight is 620 g/mol. The number of hydrogen-bond acceptors (Lipinski definition) is 8. The number of rotatable bonds is 12. The number of anilines is 1. The van der Waals surface area contributed by atoms with Crippen molar-refractivity contribution >= 4 is 53.5 Å². The molecule has 13 nitrogen and oxygen atoms in total. The number of hydrogen-bond donors (Lipinski definition) is 5. The van der Waals surface area contributed by atoms with Gasteiger partial charge in [-0.3, -0.25) is 24.2 Å². The molecule has 0 radical (unpaired) electrons. The van der Waals surface area contributed by atoms with Gasteiger partial charge >= 0.3 is 12.0 Å². The summed E-state index contributed by atoms with van der Waals surface area (Å²) in [6, 6.07) is 9.19. The predicted octanol–water partition coefficient (Wildman–Crippen LogP) is 4.95. The molecule has 42 heavy (non-hydrogen) atoms. The van der Waals surface area contributed by atoms with E-state index in [9.17, 15) is 24.1 Å². The Hall–Kier alpha value is -3.90. The summed E-state index contributed by atoms with van der Waals surface area (Å²) < 4.78 is 30.0. The quantitative estimate of drug-likeness (QED) is 0.174. The summed E-state index contributed by atoms with van der Waals surface area (Å²) in [5, 5.41) is 20.6. The zero-order valence-electron chi connectivity index (χ0n) is 23.3. The SMILES string of the molecule is COCP(=O)(NC(=O)c1cc2c(Oc3ccc(NC(=O)NC4CC4)c(Cl)c3)ccnc2cc1OC)NC(C)(C)C(=O)O. The normalized spacial score (nSPS) is 14.5. The van der Waals surface area contributed by atoms with E-state index in [2.05, 4.69) is 25.8 Å². The van der Waals surface area contributed by atoms with Crippen molar-refractivity contribution in [3.05, 3.63) is 53.2 Å². The van der Waals surface area contributed by atoms with Gasteiger partial charge in [0, 0.05) is 36.9 Å². The molecule has 0 aliphatic heterocycles. The number of amides is 3. The molecular weight excluding hydrogens is 589 g/mol. The fraction of sp³-hybridized carbons (Fsp3) is 0.333. The topological polar surface area (TPSA) is 177 Å². The number of fused-ring (bicyclic) bond motifs is 1. The van der Waals surface area contributed by atoms with Crippen LogP contribution in [0, 0.1) is 0 Å². The van der Waals surface area contributed by atoms with E-state index < -0.39 is 31.2 Å². The number of ether oxygens (including phenoxy) is 3. The molecule has 1 aliphatic rings. The van der Waals surface area contributed by atoms with Crippen molar-refractivity contribution in [2.24, 2.45) is 0 Å². The van der Waals surface area contributed by atoms with Crippen LogP contribution < -0.4 is 30.3 Å². The Bertz CT molecular complexity index is 1580. The molecule has 15 heteroatoms. The van der Waals surface area contributed by atoms with E-state index >= 15 is 0 Å². The number of aromatic nitrogens is 1. The molecule has 0 saturated heterocycles. The van der Waals surface area contributed by atoms with Crippen LogP contribution in [0.2, 0.25) is 5.02 Å². The molecule has 224 valence electrons. The van der Waals surface area contributed by atoms with Crippen molar-refractivity contribution in [2.45, 2.75) is 38.3 Å². The van der Waals surface area contributed by atoms with E-state index in [0.29, 0.717) is 28.1 Å². The average Bonchev–Trinajstić information content (AvgIpc) is 3.73. The first-order valence-electron chi connectivity index (χ1n) is 12.8. The van der Waals surface area contributed by atoms with Gasteiger partial charge in [0.05, 0.1) is 28.9 Å². The van der Waals surface area contributed by atoms with Gasteiger partial charge in [-0.15, -0.1) is 0 Å². The van der Waals surface area contributed by atoms with Gasteiger partial charge in [-0.2, -0.15) is 0 Å². The molecule has 1 fully saturated rings. The Balaban J connectivity index is 1.62. The highest BCUT2D eigenvalue weighted by molar-refractivity contribution is 7.60. The third kappa shape index (κ3) is 7.48. The third-order valence-electron chi connectivity index (χ3n) is 6.18. The molecule has 3 aromatic rings. The van der Waals surface area contributed by atoms with E-state index in [1.54, 1.807) is 18.2 Å². The minimum absolute atomic E-state index is 0.00614. The number of aliphatic carboxylic acids is 1. The summed E-state index contributed by atoms with van der Waals surface area (Å²) in [7, 11) is -1.26. The highest BCUT2D eigenvalue weighted by Crippen LogP contribution is 2.41. The molecule has 0 spiro atoms. The maximum atomic E-state index is 13.5. The van der Waals surface area contributed by atoms with Gasteiger partial charge < -0.3 is 30.0 Å². The van der Waals surface area contributed by atoms with Crippen molar-refractivity contribution in [3.8, 4) is 17.2 Å². The summed E-state index contributed by atoms with van der Waals surface area (Å²) in [5.41, 5.74) is -0.793. The standard InChI is InChI=1S/C27H31ClN5O8P/c1-27(2,25(35)36)33-42(38,14-39-3)32-24(34)18-12-17-21(13-23(18)40-4)29-10-9-22(17)41-16-7-8-20(19(28)11-16)31-26(37)30-15-5-6-15/h7-13,15H,5-6,14H2,1-4H3,(H,35,36)(H2,30,31,37)(H2,32,33,34,38). The van der Waals surface area contributed by atoms with Gasteiger partial charge in [0.25, 0.3) is 13.4 Å². The first-order valence-corrected chi connectivity index (χ1v) is 15.1. The summed E-state index contributed by atoms with van der Waals surface area (Å²) in [5.74, 6) is -1.26. The Morgan fingerprint density at radius 2 is 1.86 bits per heavy atom. The molecule has 1 aromatic heterocycles. The summed E-state index contributed by atoms with van der Waals surface area (Å²) in [4.78, 5) is 41.4. The first-order chi connectivity index (χ1) is 19.8. The number of methoxy groups -OCH3 is 2. The van der Waals surface area contributed by atoms with Crippen LogP contribution in [-0.4, -0.2) is 60.1 Å². The van der Waals surface area contributed by atoms with Gasteiger partial charge in [0.15, 0.2) is 0 Å². The highest BCUT2D eigenvalue weighted by Gasteiger charge is 2.37. The largest absolute Gasteiger partial charge is 0.496 e. The Kier molecular flexibility index (Phi) is 9.27. The molecule has 1 unspecified atom stereocenters. The number of halogens is 1. The second-order valence-corrected chi connectivity index (χ2v) is 12.7. The molecule has 5 N–H and O–H groups in total. The van der Waals surface area contributed by atoms with E-state index in [1.807, 2.05) is 0 Å². The number of carboxylic acids is 1. The molecular formula is C27H31ClN5O8P. The zero-order valence-corrected chi connectivity index (χ0v) is 25.0. The van der Waals surface area contributed by atoms with Gasteiger partial charge in [-0.25, -0.2) is 9.88 Å². The number of benzene rings is 2. The van der Waals surface area contributed by atoms with Gasteiger partial charge in [-0.1, -0.05) is 11.6 Å². The van der Waals surface area contributed by atoms with Crippen molar-refractivity contribution in [2.75, 3.05) is 25.9 Å². The minimum atomic E-state index is -3.90. The lowest BCUT2D eigenvalue weighted by Crippen LogP contribution is -2.48. The van der Waals surface area contributed by atoms with Crippen molar-refractivity contribution in [1.82, 2.24) is 20.5 Å².